The van der Waals surface area contributed by atoms with Gasteiger partial charge in [0.2, 0.25) is 5.91 Å². The van der Waals surface area contributed by atoms with Crippen LogP contribution in [-0.2, 0) is 21.1 Å². The molecule has 0 spiro atoms. The molecule has 2 N–H and O–H groups in total. The van der Waals surface area contributed by atoms with Gasteiger partial charge in [-0.2, -0.15) is 0 Å². The number of fused-ring (bicyclic) bond motifs is 1. The number of carbonyl (C=O) groups excluding carboxylic acids is 1. The van der Waals surface area contributed by atoms with Crippen molar-refractivity contribution >= 4 is 27.1 Å². The zero-order valence-corrected chi connectivity index (χ0v) is 25.0. The molecule has 0 saturated heterocycles. The number of nitrogens with one attached hydrogen (secondary N) is 1. The maximum atomic E-state index is 16.1. The Kier molecular flexibility index (Phi) is 7.66. The van der Waals surface area contributed by atoms with Gasteiger partial charge in [0.25, 0.3) is 0 Å². The van der Waals surface area contributed by atoms with Gasteiger partial charge in [0, 0.05) is 17.3 Å². The molecule has 3 aromatic rings. The molecule has 1 amide bonds. The van der Waals surface area contributed by atoms with E-state index in [1.54, 1.807) is 25.1 Å². The molecule has 5 rings (SSSR count). The number of ether oxygens (including phenoxy) is 1. The van der Waals surface area contributed by atoms with Crippen molar-refractivity contribution in [3.63, 3.8) is 0 Å². The van der Waals surface area contributed by atoms with E-state index in [9.17, 15) is 18.3 Å². The lowest BCUT2D eigenvalue weighted by molar-refractivity contribution is -0.118. The number of halogens is 1. The van der Waals surface area contributed by atoms with Crippen LogP contribution in [0.15, 0.2) is 83.4 Å². The third kappa shape index (κ3) is 5.66. The van der Waals surface area contributed by atoms with Gasteiger partial charge < -0.3 is 15.2 Å². The molecule has 2 aliphatic heterocycles. The Morgan fingerprint density at radius 3 is 2.60 bits per heavy atom. The molecule has 9 heteroatoms. The highest BCUT2D eigenvalue weighted by Crippen LogP contribution is 2.51. The molecule has 0 fully saturated rings. The smallest absolute Gasteiger partial charge is 0.232 e. The van der Waals surface area contributed by atoms with Gasteiger partial charge in [0.1, 0.15) is 35.7 Å². The minimum Gasteiger partial charge on any atom is -0.506 e. The fourth-order valence-electron chi connectivity index (χ4n) is 5.74. The number of hydrogen-bond donors (Lipinski definition) is 2. The number of rotatable bonds is 6. The van der Waals surface area contributed by atoms with Crippen molar-refractivity contribution in [3.05, 3.63) is 106 Å². The molecule has 2 aliphatic rings. The number of aryl methyl sites for hydroxylation is 1. The number of phenols is 1. The van der Waals surface area contributed by atoms with E-state index >= 15 is 4.39 Å². The Morgan fingerprint density at radius 2 is 1.90 bits per heavy atom. The fourth-order valence-corrected chi connectivity index (χ4v) is 8.10. The summed E-state index contributed by atoms with van der Waals surface area (Å²) in [5.74, 6) is -1.25. The minimum atomic E-state index is -4.01. The maximum absolute atomic E-state index is 16.1. The van der Waals surface area contributed by atoms with Gasteiger partial charge in [-0.05, 0) is 66.6 Å². The van der Waals surface area contributed by atoms with E-state index in [4.69, 9.17) is 4.74 Å². The van der Waals surface area contributed by atoms with Crippen molar-refractivity contribution in [2.24, 2.45) is 5.41 Å². The Bertz CT molecular complexity index is 1730. The van der Waals surface area contributed by atoms with Crippen LogP contribution < -0.4 is 15.0 Å². The number of phenolic OH excluding ortho intramolecular Hbond substituents is 1. The van der Waals surface area contributed by atoms with E-state index in [2.05, 4.69) is 11.9 Å². The summed E-state index contributed by atoms with van der Waals surface area (Å²) >= 11 is 0. The van der Waals surface area contributed by atoms with Crippen molar-refractivity contribution in [2.45, 2.75) is 46.6 Å². The number of aromatic hydroxyl groups is 1. The monoisotopic (exact) mass is 590 g/mol. The van der Waals surface area contributed by atoms with Crippen molar-refractivity contribution in [2.75, 3.05) is 22.6 Å². The van der Waals surface area contributed by atoms with Gasteiger partial charge in [0.15, 0.2) is 9.84 Å². The molecule has 0 bridgehead atoms. The number of hydrogen-bond acceptors (Lipinski definition) is 6. The SMILES string of the molecule is C=C(C)COc1ccc([C@H]2C3=C(CC(C)(C)CS3(=O)=O)Nc3c(O)cccc3N2C(=O)Cc2ccccc2C)c(F)c1. The third-order valence-corrected chi connectivity index (χ3v) is 9.86. The summed E-state index contributed by atoms with van der Waals surface area (Å²) < 4.78 is 49.9. The second-order valence-electron chi connectivity index (χ2n) is 11.9. The van der Waals surface area contributed by atoms with Crippen molar-refractivity contribution < 1.29 is 27.4 Å². The van der Waals surface area contributed by atoms with Crippen molar-refractivity contribution in [3.8, 4) is 11.5 Å². The van der Waals surface area contributed by atoms with Gasteiger partial charge in [-0.3, -0.25) is 9.69 Å². The van der Waals surface area contributed by atoms with Crippen LogP contribution in [0.5, 0.6) is 11.5 Å². The van der Waals surface area contributed by atoms with Gasteiger partial charge in [-0.15, -0.1) is 0 Å². The molecule has 1 atom stereocenters. The van der Waals surface area contributed by atoms with E-state index in [-0.39, 0.29) is 52.1 Å². The zero-order chi connectivity index (χ0) is 30.4. The Morgan fingerprint density at radius 1 is 1.17 bits per heavy atom. The molecule has 7 nitrogen and oxygen atoms in total. The summed E-state index contributed by atoms with van der Waals surface area (Å²) in [4.78, 5) is 15.6. The van der Waals surface area contributed by atoms with Crippen LogP contribution in [-0.4, -0.2) is 31.8 Å². The molecule has 2 heterocycles. The molecule has 0 aliphatic carbocycles. The number of benzene rings is 3. The third-order valence-electron chi connectivity index (χ3n) is 7.55. The largest absolute Gasteiger partial charge is 0.506 e. The molecule has 0 aromatic heterocycles. The quantitative estimate of drug-likeness (QED) is 0.248. The number of para-hydroxylation sites is 1. The summed E-state index contributed by atoms with van der Waals surface area (Å²) in [5, 5.41) is 14.1. The zero-order valence-electron chi connectivity index (χ0n) is 24.2. The van der Waals surface area contributed by atoms with E-state index < -0.39 is 33.0 Å². The summed E-state index contributed by atoms with van der Waals surface area (Å²) in [6, 6.07) is 15.0. The summed E-state index contributed by atoms with van der Waals surface area (Å²) in [6.45, 7) is 11.4. The number of anilines is 2. The highest BCUT2D eigenvalue weighted by molar-refractivity contribution is 7.95. The lowest BCUT2D eigenvalue weighted by Gasteiger charge is -2.37. The van der Waals surface area contributed by atoms with Crippen LogP contribution in [0.1, 0.15) is 49.9 Å². The lowest BCUT2D eigenvalue weighted by Crippen LogP contribution is -2.42. The molecule has 42 heavy (non-hydrogen) atoms. The molecule has 0 radical (unpaired) electrons. The predicted octanol–water partition coefficient (Wildman–Crippen LogP) is 6.59. The topological polar surface area (TPSA) is 95.9 Å². The van der Waals surface area contributed by atoms with Crippen molar-refractivity contribution in [1.29, 1.82) is 0 Å². The number of carbonyl (C=O) groups is 1. The van der Waals surface area contributed by atoms with Crippen LogP contribution in [0.4, 0.5) is 15.8 Å². The fraction of sp³-hybridized carbons (Fsp3) is 0.303. The molecule has 0 unspecified atom stereocenters. The van der Waals surface area contributed by atoms with Crippen LogP contribution >= 0.6 is 0 Å². The first-order chi connectivity index (χ1) is 19.8. The Labute approximate surface area is 246 Å². The van der Waals surface area contributed by atoms with Crippen LogP contribution in [0, 0.1) is 18.2 Å². The van der Waals surface area contributed by atoms with Crippen LogP contribution in [0.2, 0.25) is 0 Å². The average molecular weight is 591 g/mol. The van der Waals surface area contributed by atoms with Gasteiger partial charge in [-0.1, -0.05) is 50.8 Å². The normalized spacial score (nSPS) is 18.8. The second kappa shape index (κ2) is 10.9. The van der Waals surface area contributed by atoms with E-state index in [1.807, 2.05) is 45.0 Å². The average Bonchev–Trinajstić information content (AvgIpc) is 3.03. The number of amides is 1. The Hall–Kier alpha value is -4.11. The van der Waals surface area contributed by atoms with E-state index in [0.717, 1.165) is 16.7 Å². The molecule has 0 saturated carbocycles. The van der Waals surface area contributed by atoms with Gasteiger partial charge in [-0.25, -0.2) is 12.8 Å². The van der Waals surface area contributed by atoms with Gasteiger partial charge in [0.05, 0.1) is 22.8 Å². The number of allylic oxidation sites excluding steroid dienone is 1. The number of nitrogens with zero attached hydrogens (tertiary/aromatic N) is 1. The molecule has 220 valence electrons. The molecular formula is C33H35FN2O5S. The highest BCUT2D eigenvalue weighted by atomic mass is 32.2. The maximum Gasteiger partial charge on any atom is 0.232 e. The Balaban J connectivity index is 1.77. The molecule has 3 aromatic carbocycles. The first-order valence-electron chi connectivity index (χ1n) is 13.8. The summed E-state index contributed by atoms with van der Waals surface area (Å²) in [7, 11) is -4.01. The van der Waals surface area contributed by atoms with E-state index in [0.29, 0.717) is 12.1 Å². The standard InChI is InChI=1S/C33H35FN2O5S/c1-20(2)18-41-23-13-14-24(25(34)16-23)31-32-26(17-33(4,5)19-42(32,39)40)35-30-27(11-8-12-28(30)37)36(31)29(38)15-22-10-7-6-9-21(22)3/h6-14,16,31,35,37H,1,15,17-19H2,2-5H3/t31-/m0/s1. The summed E-state index contributed by atoms with van der Waals surface area (Å²) in [6.07, 6.45) is 0.251. The second-order valence-corrected chi connectivity index (χ2v) is 13.9. The minimum absolute atomic E-state index is 0.00424. The first-order valence-corrected chi connectivity index (χ1v) is 15.4. The first kappa shape index (κ1) is 29.4. The predicted molar refractivity (Wildman–Crippen MR) is 163 cm³/mol. The lowest BCUT2D eigenvalue weighted by atomic mass is 9.88. The van der Waals surface area contributed by atoms with Crippen LogP contribution in [0.25, 0.3) is 0 Å². The van der Waals surface area contributed by atoms with Gasteiger partial charge >= 0.3 is 0 Å². The number of sulfone groups is 1. The van der Waals surface area contributed by atoms with Crippen molar-refractivity contribution in [1.82, 2.24) is 0 Å². The van der Waals surface area contributed by atoms with Crippen LogP contribution in [0.3, 0.4) is 0 Å². The highest BCUT2D eigenvalue weighted by Gasteiger charge is 2.47. The summed E-state index contributed by atoms with van der Waals surface area (Å²) in [5.41, 5.74) is 2.54. The van der Waals surface area contributed by atoms with E-state index in [1.165, 1.54) is 23.1 Å². The molecular weight excluding hydrogens is 555 g/mol.